The highest BCUT2D eigenvalue weighted by molar-refractivity contribution is 7.34. The molecule has 0 unspecified atom stereocenters. The second-order valence-corrected chi connectivity index (χ2v) is 49.6. The molecule has 0 atom stereocenters. The molecule has 0 aromatic heterocycles. The van der Waals surface area contributed by atoms with Crippen LogP contribution in [0.1, 0.15) is 456 Å². The van der Waals surface area contributed by atoms with E-state index in [1.807, 2.05) is 0 Å². The van der Waals surface area contributed by atoms with E-state index in [0.29, 0.717) is 5.38 Å². The second-order valence-electron chi connectivity index (χ2n) is 37.1. The average Bonchev–Trinajstić information content (AvgIpc) is 1.46. The largest absolute Gasteiger partial charge is 0.517 e. The van der Waals surface area contributed by atoms with Crippen molar-refractivity contribution in [3.8, 4) is 11.1 Å². The number of aliphatic hydroxyl groups is 1. The van der Waals surface area contributed by atoms with E-state index in [-0.39, 0.29) is 107 Å². The van der Waals surface area contributed by atoms with Gasteiger partial charge in [-0.25, -0.2) is 0 Å². The number of hydrogen-bond donors (Lipinski definition) is 2. The van der Waals surface area contributed by atoms with E-state index in [1.54, 1.807) is 0 Å². The molecule has 0 spiro atoms. The Morgan fingerprint density at radius 1 is 0.265 bits per heavy atom. The first-order valence-corrected chi connectivity index (χ1v) is 48.0. The highest BCUT2D eigenvalue weighted by Gasteiger charge is 2.80. The van der Waals surface area contributed by atoms with Crippen molar-refractivity contribution in [3.63, 3.8) is 0 Å². The van der Waals surface area contributed by atoms with Crippen LogP contribution in [0.15, 0.2) is 83.0 Å². The van der Waals surface area contributed by atoms with Crippen LogP contribution in [-0.4, -0.2) is 43.4 Å². The zero-order chi connectivity index (χ0) is 76.7. The lowest BCUT2D eigenvalue weighted by atomic mass is 9.89. The molecule has 102 heavy (non-hydrogen) atoms. The molecule has 0 radical (unpaired) electrons. The van der Waals surface area contributed by atoms with Crippen LogP contribution in [0.4, 0.5) is 0 Å². The monoisotopic (exact) mass is 1440 g/mol. The predicted molar refractivity (Wildman–Crippen MR) is 455 cm³/mol. The maximum atomic E-state index is 15.9. The quantitative estimate of drug-likeness (QED) is 0.0443. The third-order valence-electron chi connectivity index (χ3n) is 23.1. The Bertz CT molecular complexity index is 3830. The Morgan fingerprint density at radius 2 is 0.451 bits per heavy atom. The number of benzene rings is 6. The van der Waals surface area contributed by atoms with Crippen LogP contribution in [0.5, 0.6) is 0 Å². The van der Waals surface area contributed by atoms with Gasteiger partial charge in [0.2, 0.25) is 8.07 Å². The third kappa shape index (κ3) is 14.9. The van der Waals surface area contributed by atoms with Crippen LogP contribution in [-0.2, 0) is 8.23 Å². The van der Waals surface area contributed by atoms with Gasteiger partial charge in [0.15, 0.2) is 0 Å². The van der Waals surface area contributed by atoms with Gasteiger partial charge in [-0.3, -0.25) is 0 Å². The van der Waals surface area contributed by atoms with Gasteiger partial charge in [0.25, 0.3) is 0 Å². The van der Waals surface area contributed by atoms with E-state index in [2.05, 4.69) is 333 Å². The van der Waals surface area contributed by atoms with Gasteiger partial charge >= 0.3 is 25.4 Å². The highest BCUT2D eigenvalue weighted by Crippen LogP contribution is 2.56. The molecule has 2 aliphatic heterocycles. The molecule has 556 valence electrons. The van der Waals surface area contributed by atoms with Crippen LogP contribution in [0.2, 0.25) is 0 Å². The summed E-state index contributed by atoms with van der Waals surface area (Å²) in [6, 6.07) is 29.9. The minimum absolute atomic E-state index is 0.0582. The molecule has 1 saturated heterocycles. The van der Waals surface area contributed by atoms with Crippen LogP contribution < -0.4 is 31.1 Å². The summed E-state index contributed by atoms with van der Waals surface area (Å²) in [5.74, 6) is 2.69. The van der Waals surface area contributed by atoms with Gasteiger partial charge in [0.1, 0.15) is 0 Å². The second kappa shape index (κ2) is 31.2. The first kappa shape index (κ1) is 82.8. The fraction of sp³-hybridized carbons (Fsp3) is 0.574. The first-order valence-electron chi connectivity index (χ1n) is 40.4. The van der Waals surface area contributed by atoms with Gasteiger partial charge in [-0.2, -0.15) is 0 Å². The number of hydrogen-bond acceptors (Lipinski definition) is 4. The predicted octanol–water partition coefficient (Wildman–Crippen LogP) is 23.5. The molecule has 0 saturated carbocycles. The summed E-state index contributed by atoms with van der Waals surface area (Å²) in [7, 11) is -16.8. The molecule has 2 aliphatic rings. The minimum Gasteiger partial charge on any atom is -0.517 e. The zero-order valence-corrected chi connectivity index (χ0v) is 75.0. The number of rotatable bonds is 25. The van der Waals surface area contributed by atoms with Crippen molar-refractivity contribution in [3.05, 3.63) is 183 Å². The lowest BCUT2D eigenvalue weighted by molar-refractivity contribution is 0.264. The lowest BCUT2D eigenvalue weighted by Gasteiger charge is -2.54. The highest BCUT2D eigenvalue weighted by atomic mass is 28.5. The lowest BCUT2D eigenvalue weighted by Crippen LogP contribution is -2.83. The topological polar surface area (TPSA) is 58.9 Å². The van der Waals surface area contributed by atoms with Crippen molar-refractivity contribution in [2.75, 3.05) is 0 Å². The molecule has 8 heteroatoms. The molecule has 6 aromatic carbocycles. The van der Waals surface area contributed by atoms with Gasteiger partial charge in [-0.1, -0.05) is 333 Å². The first-order chi connectivity index (χ1) is 47.2. The summed E-state index contributed by atoms with van der Waals surface area (Å²) < 4.78 is 18.7. The minimum atomic E-state index is -4.38. The maximum Gasteiger partial charge on any atom is 0.442 e. The molecular weight excluding hydrogens is 1310 g/mol. The van der Waals surface area contributed by atoms with Gasteiger partial charge < -0.3 is 18.1 Å². The van der Waals surface area contributed by atoms with E-state index in [4.69, 9.17) is 0 Å². The summed E-state index contributed by atoms with van der Waals surface area (Å²) in [6.07, 6.45) is 0. The maximum absolute atomic E-state index is 15.9. The smallest absolute Gasteiger partial charge is 0.442 e. The van der Waals surface area contributed by atoms with Crippen LogP contribution in [0.3, 0.4) is 0 Å². The van der Waals surface area contributed by atoms with Crippen molar-refractivity contribution in [2.24, 2.45) is 0 Å². The summed E-state index contributed by atoms with van der Waals surface area (Å²) in [4.78, 5) is 17.0. The number of aliphatic hydroxyl groups excluding tert-OH is 1. The Morgan fingerprint density at radius 3 is 0.647 bits per heavy atom. The van der Waals surface area contributed by atoms with Crippen molar-refractivity contribution in [1.82, 2.24) is 0 Å². The van der Waals surface area contributed by atoms with Gasteiger partial charge in [0, 0.05) is 15.2 Å². The standard InChI is InChI=1S/C94H140O4Si4/c1-51(2)69-39-75(57(13)14)87(76(40-69)58(15)16)99(96,88-77(59(17)18)41-70(52(3)4)42-78(88)60(19)20)37-38-100(89-79(61(21)22)43-71(53(5)6)44-80(89)62(23)24)97-102(98-100,92-85(67(33)34)49-74(56(11)12)50-86(92)68(35)36)94-93(95)101(94,90-81(63(25)26)45-72(54(7)8)46-82(90)64(27)28)91-83(65(29)30)47-73(55(9)10)48-84(91)66(31)32/h39-68,95-96H,1-36H3. The molecule has 1 fully saturated rings. The normalized spacial score (nSPS) is 17.5. The van der Waals surface area contributed by atoms with E-state index in [1.165, 1.54) is 111 Å². The van der Waals surface area contributed by atoms with Crippen LogP contribution in [0.25, 0.3) is 0 Å². The summed E-state index contributed by atoms with van der Waals surface area (Å²) in [5, 5.41) is 22.7. The van der Waals surface area contributed by atoms with Gasteiger partial charge in [0.05, 0.1) is 5.38 Å². The third-order valence-corrected chi connectivity index (χ3v) is 41.6. The van der Waals surface area contributed by atoms with E-state index in [9.17, 15) is 8.23 Å². The Balaban J connectivity index is 1.77. The Hall–Kier alpha value is -4.83. The van der Waals surface area contributed by atoms with Crippen molar-refractivity contribution < 1.29 is 18.1 Å². The molecule has 0 amide bonds. The van der Waals surface area contributed by atoms with Gasteiger partial charge in [-0.05, 0) is 227 Å². The summed E-state index contributed by atoms with van der Waals surface area (Å²) in [5.41, 5.74) is 31.4. The molecule has 4 nitrogen and oxygen atoms in total. The Kier molecular flexibility index (Phi) is 25.3. The average molecular weight is 1450 g/mol. The molecule has 2 heterocycles. The SMILES string of the molecule is CC(C)c1cc(C(C)C)c([Si]2(C#C[Si](O)(c3c(C(C)C)cc(C(C)C)cc3C(C)C)c3c(C(C)C)cc(C(C)C)cc3C(C)C)O[Si](C3=C(O)[Si]3(c3c(C(C)C)cc(C(C)C)cc3C(C)C)c3c(C(C)C)cc(C(C)C)cc3C(C)C)(c3c(C(C)C)cc(C(C)C)cc3C(C)C)O2)c(C(C)C)c1. The van der Waals surface area contributed by atoms with E-state index in [0.717, 1.165) is 25.6 Å². The molecule has 8 rings (SSSR count). The van der Waals surface area contributed by atoms with Crippen molar-refractivity contribution in [2.45, 2.75) is 356 Å². The van der Waals surface area contributed by atoms with E-state index < -0.39 is 33.5 Å². The van der Waals surface area contributed by atoms with Crippen molar-refractivity contribution in [1.29, 1.82) is 0 Å². The van der Waals surface area contributed by atoms with Crippen molar-refractivity contribution >= 4 is 64.6 Å². The molecule has 0 bridgehead atoms. The fourth-order valence-electron chi connectivity index (χ4n) is 16.9. The fourth-order valence-corrected chi connectivity index (χ4v) is 42.2. The summed E-state index contributed by atoms with van der Waals surface area (Å²) >= 11 is 0. The zero-order valence-electron chi connectivity index (χ0n) is 71.0. The molecular formula is C94H140O4Si4. The van der Waals surface area contributed by atoms with Crippen LogP contribution in [0, 0.1) is 11.1 Å². The molecule has 2 N–H and O–H groups in total. The van der Waals surface area contributed by atoms with Crippen LogP contribution >= 0.6 is 0 Å². The Labute approximate surface area is 628 Å². The summed E-state index contributed by atoms with van der Waals surface area (Å²) in [6.45, 7) is 84.6. The molecule has 6 aromatic rings. The van der Waals surface area contributed by atoms with E-state index >= 15 is 9.90 Å². The van der Waals surface area contributed by atoms with Gasteiger partial charge in [-0.15, -0.1) is 0 Å². The molecule has 0 aliphatic carbocycles.